The van der Waals surface area contributed by atoms with Crippen LogP contribution >= 0.6 is 0 Å². The van der Waals surface area contributed by atoms with Crippen LogP contribution < -0.4 is 5.56 Å². The van der Waals surface area contributed by atoms with Gasteiger partial charge in [-0.3, -0.25) is 9.59 Å². The van der Waals surface area contributed by atoms with Crippen LogP contribution in [-0.2, 0) is 4.79 Å². The van der Waals surface area contributed by atoms with Crippen molar-refractivity contribution in [2.24, 2.45) is 0 Å². The summed E-state index contributed by atoms with van der Waals surface area (Å²) in [6, 6.07) is 1.69. The van der Waals surface area contributed by atoms with Crippen LogP contribution in [0.3, 0.4) is 0 Å². The molecule has 0 aromatic carbocycles. The van der Waals surface area contributed by atoms with Crippen LogP contribution in [0.5, 0.6) is 0 Å². The molecule has 0 aliphatic carbocycles. The molecule has 110 valence electrons. The van der Waals surface area contributed by atoms with Crippen molar-refractivity contribution in [3.05, 3.63) is 33.2 Å². The normalized spacial score (nSPS) is 11.2. The van der Waals surface area contributed by atoms with Crippen molar-refractivity contribution in [2.75, 3.05) is 6.54 Å². The van der Waals surface area contributed by atoms with Crippen molar-refractivity contribution in [3.63, 3.8) is 0 Å². The SMILES string of the molecule is CCN(C(=O)c1c(C)cc(C)[nH]c1=O)C(C)(C)C(=O)O. The van der Waals surface area contributed by atoms with E-state index in [0.29, 0.717) is 11.3 Å². The van der Waals surface area contributed by atoms with E-state index >= 15 is 0 Å². The Hall–Kier alpha value is -2.11. The Labute approximate surface area is 117 Å². The Morgan fingerprint density at radius 1 is 1.35 bits per heavy atom. The lowest BCUT2D eigenvalue weighted by molar-refractivity contribution is -0.147. The zero-order valence-corrected chi connectivity index (χ0v) is 12.4. The minimum atomic E-state index is -1.38. The molecule has 6 nitrogen and oxygen atoms in total. The standard InChI is InChI=1S/C14H20N2O4/c1-6-16(14(4,5)13(19)20)12(18)10-8(2)7-9(3)15-11(10)17/h7H,6H2,1-5H3,(H,15,17)(H,19,20). The summed E-state index contributed by atoms with van der Waals surface area (Å²) >= 11 is 0. The molecule has 0 unspecified atom stereocenters. The van der Waals surface area contributed by atoms with E-state index in [1.54, 1.807) is 26.8 Å². The van der Waals surface area contributed by atoms with E-state index in [-0.39, 0.29) is 12.1 Å². The molecule has 0 aliphatic rings. The maximum Gasteiger partial charge on any atom is 0.329 e. The quantitative estimate of drug-likeness (QED) is 0.870. The summed E-state index contributed by atoms with van der Waals surface area (Å²) in [6.45, 7) is 8.15. The number of pyridine rings is 1. The summed E-state index contributed by atoms with van der Waals surface area (Å²) in [6.07, 6.45) is 0. The number of rotatable bonds is 4. The Balaban J connectivity index is 3.37. The van der Waals surface area contributed by atoms with Gasteiger partial charge in [0.1, 0.15) is 11.1 Å². The van der Waals surface area contributed by atoms with Crippen LogP contribution in [0.2, 0.25) is 0 Å². The fourth-order valence-corrected chi connectivity index (χ4v) is 2.16. The van der Waals surface area contributed by atoms with Gasteiger partial charge in [0.2, 0.25) is 0 Å². The lowest BCUT2D eigenvalue weighted by atomic mass is 10.0. The number of aliphatic carboxylic acids is 1. The van der Waals surface area contributed by atoms with Gasteiger partial charge in [-0.05, 0) is 46.2 Å². The first kappa shape index (κ1) is 15.9. The van der Waals surface area contributed by atoms with Crippen molar-refractivity contribution >= 4 is 11.9 Å². The summed E-state index contributed by atoms with van der Waals surface area (Å²) < 4.78 is 0. The minimum Gasteiger partial charge on any atom is -0.480 e. The number of likely N-dealkylation sites (N-methyl/N-ethyl adjacent to an activating group) is 1. The van der Waals surface area contributed by atoms with E-state index in [1.807, 2.05) is 0 Å². The molecular formula is C14H20N2O4. The molecule has 0 spiro atoms. The number of nitrogens with zero attached hydrogens (tertiary/aromatic N) is 1. The number of aromatic amines is 1. The molecule has 0 atom stereocenters. The van der Waals surface area contributed by atoms with Gasteiger partial charge >= 0.3 is 5.97 Å². The monoisotopic (exact) mass is 280 g/mol. The number of hydrogen-bond acceptors (Lipinski definition) is 3. The fourth-order valence-electron chi connectivity index (χ4n) is 2.16. The molecule has 20 heavy (non-hydrogen) atoms. The molecule has 0 radical (unpaired) electrons. The highest BCUT2D eigenvalue weighted by atomic mass is 16.4. The average molecular weight is 280 g/mol. The lowest BCUT2D eigenvalue weighted by Gasteiger charge is -2.34. The van der Waals surface area contributed by atoms with Crippen LogP contribution in [0, 0.1) is 13.8 Å². The number of nitrogens with one attached hydrogen (secondary N) is 1. The number of carboxylic acids is 1. The summed E-state index contributed by atoms with van der Waals surface area (Å²) in [5.74, 6) is -1.69. The summed E-state index contributed by atoms with van der Waals surface area (Å²) in [7, 11) is 0. The van der Waals surface area contributed by atoms with Gasteiger partial charge in [-0.2, -0.15) is 0 Å². The minimum absolute atomic E-state index is 0.00762. The second kappa shape index (κ2) is 5.48. The molecule has 1 rings (SSSR count). The highest BCUT2D eigenvalue weighted by Gasteiger charge is 2.38. The Kier molecular flexibility index (Phi) is 4.37. The smallest absolute Gasteiger partial charge is 0.329 e. The zero-order valence-electron chi connectivity index (χ0n) is 12.4. The molecule has 0 bridgehead atoms. The third-order valence-corrected chi connectivity index (χ3v) is 3.34. The van der Waals surface area contributed by atoms with Crippen LogP contribution in [0.25, 0.3) is 0 Å². The van der Waals surface area contributed by atoms with Crippen molar-refractivity contribution < 1.29 is 14.7 Å². The van der Waals surface area contributed by atoms with Gasteiger partial charge in [0.25, 0.3) is 11.5 Å². The maximum absolute atomic E-state index is 12.5. The highest BCUT2D eigenvalue weighted by Crippen LogP contribution is 2.18. The van der Waals surface area contributed by atoms with Gasteiger partial charge < -0.3 is 15.0 Å². The molecule has 0 saturated carbocycles. The average Bonchev–Trinajstić information content (AvgIpc) is 2.27. The predicted molar refractivity (Wildman–Crippen MR) is 75.0 cm³/mol. The fraction of sp³-hybridized carbons (Fsp3) is 0.500. The Morgan fingerprint density at radius 3 is 2.30 bits per heavy atom. The van der Waals surface area contributed by atoms with Gasteiger partial charge in [-0.1, -0.05) is 0 Å². The number of hydrogen-bond donors (Lipinski definition) is 2. The van der Waals surface area contributed by atoms with Crippen molar-refractivity contribution in [2.45, 2.75) is 40.2 Å². The van der Waals surface area contributed by atoms with Gasteiger partial charge in [0.05, 0.1) is 0 Å². The predicted octanol–water partition coefficient (Wildman–Crippen LogP) is 1.32. The summed E-state index contributed by atoms with van der Waals surface area (Å²) in [4.78, 5) is 39.5. The number of amides is 1. The topological polar surface area (TPSA) is 90.5 Å². The Morgan fingerprint density at radius 2 is 1.90 bits per heavy atom. The zero-order chi connectivity index (χ0) is 15.7. The molecule has 1 aromatic rings. The van der Waals surface area contributed by atoms with Crippen molar-refractivity contribution in [3.8, 4) is 0 Å². The number of carbonyl (C=O) groups is 2. The largest absolute Gasteiger partial charge is 0.480 e. The van der Waals surface area contributed by atoms with Crippen LogP contribution in [0.1, 0.15) is 42.4 Å². The third kappa shape index (κ3) is 2.74. The van der Waals surface area contributed by atoms with E-state index in [9.17, 15) is 19.5 Å². The number of carbonyl (C=O) groups excluding carboxylic acids is 1. The van der Waals surface area contributed by atoms with Gasteiger partial charge in [-0.25, -0.2) is 4.79 Å². The first-order chi connectivity index (χ1) is 9.12. The Bertz CT molecular complexity index is 602. The summed E-state index contributed by atoms with van der Waals surface area (Å²) in [5.41, 5.74) is -0.685. The van der Waals surface area contributed by atoms with Crippen LogP contribution in [-0.4, -0.2) is 39.0 Å². The molecule has 0 fully saturated rings. The summed E-state index contributed by atoms with van der Waals surface area (Å²) in [5, 5.41) is 9.24. The number of carboxylic acid groups (broad SMARTS) is 1. The van der Waals surface area contributed by atoms with Crippen LogP contribution in [0.4, 0.5) is 0 Å². The van der Waals surface area contributed by atoms with E-state index < -0.39 is 23.0 Å². The molecule has 6 heteroatoms. The molecule has 2 N–H and O–H groups in total. The van der Waals surface area contributed by atoms with E-state index in [1.165, 1.54) is 18.7 Å². The molecule has 1 amide bonds. The first-order valence-corrected chi connectivity index (χ1v) is 6.38. The van der Waals surface area contributed by atoms with Gasteiger partial charge in [0.15, 0.2) is 0 Å². The van der Waals surface area contributed by atoms with E-state index in [4.69, 9.17) is 0 Å². The number of H-pyrrole nitrogens is 1. The van der Waals surface area contributed by atoms with Gasteiger partial charge in [-0.15, -0.1) is 0 Å². The van der Waals surface area contributed by atoms with E-state index in [0.717, 1.165) is 0 Å². The van der Waals surface area contributed by atoms with Gasteiger partial charge in [0, 0.05) is 12.2 Å². The first-order valence-electron chi connectivity index (χ1n) is 6.38. The third-order valence-electron chi connectivity index (χ3n) is 3.34. The molecule has 1 heterocycles. The second-order valence-electron chi connectivity index (χ2n) is 5.25. The lowest BCUT2D eigenvalue weighted by Crippen LogP contribution is -2.54. The molecule has 0 saturated heterocycles. The van der Waals surface area contributed by atoms with Crippen molar-refractivity contribution in [1.29, 1.82) is 0 Å². The van der Waals surface area contributed by atoms with E-state index in [2.05, 4.69) is 4.98 Å². The molecule has 1 aromatic heterocycles. The molecular weight excluding hydrogens is 260 g/mol. The van der Waals surface area contributed by atoms with Crippen LogP contribution in [0.15, 0.2) is 10.9 Å². The number of aryl methyl sites for hydroxylation is 2. The highest BCUT2D eigenvalue weighted by molar-refractivity contribution is 5.98. The number of aromatic nitrogens is 1. The van der Waals surface area contributed by atoms with Crippen molar-refractivity contribution in [1.82, 2.24) is 9.88 Å². The molecule has 0 aliphatic heterocycles. The maximum atomic E-state index is 12.5. The second-order valence-corrected chi connectivity index (χ2v) is 5.25.